The highest BCUT2D eigenvalue weighted by molar-refractivity contribution is 5.80. The monoisotopic (exact) mass is 332 g/mol. The number of benzene rings is 1. The first-order chi connectivity index (χ1) is 11.8. The van der Waals surface area contributed by atoms with Gasteiger partial charge in [0.2, 0.25) is 0 Å². The molecule has 1 fully saturated rings. The Morgan fingerprint density at radius 1 is 1.17 bits per heavy atom. The lowest BCUT2D eigenvalue weighted by atomic mass is 10.0. The summed E-state index contributed by atoms with van der Waals surface area (Å²) in [5.41, 5.74) is 1.43. The van der Waals surface area contributed by atoms with Crippen LogP contribution in [0.5, 0.6) is 0 Å². The Hall–Kier alpha value is -1.59. The Kier molecular flexibility index (Phi) is 8.05. The number of guanidine groups is 1. The number of hydrogen-bond acceptors (Lipinski definition) is 3. The third-order valence-electron chi connectivity index (χ3n) is 4.52. The van der Waals surface area contributed by atoms with Gasteiger partial charge in [-0.1, -0.05) is 37.3 Å². The van der Waals surface area contributed by atoms with Crippen molar-refractivity contribution < 1.29 is 4.74 Å². The van der Waals surface area contributed by atoms with Crippen LogP contribution in [0.1, 0.15) is 31.9 Å². The third kappa shape index (κ3) is 5.21. The van der Waals surface area contributed by atoms with E-state index in [4.69, 9.17) is 4.74 Å². The minimum absolute atomic E-state index is 0.515. The van der Waals surface area contributed by atoms with Gasteiger partial charge in [0.1, 0.15) is 0 Å². The molecular weight excluding hydrogens is 300 g/mol. The standard InChI is InChI=1S/C19H32N4O/c1-4-18(17-9-7-6-8-10-17)22-12-14-23(15-13-22)19(20-5-2)21-11-16-24-3/h6-10,18H,4-5,11-16H2,1-3H3,(H,20,21). The van der Waals surface area contributed by atoms with Crippen LogP contribution in [0.4, 0.5) is 0 Å². The molecule has 134 valence electrons. The maximum Gasteiger partial charge on any atom is 0.194 e. The van der Waals surface area contributed by atoms with Crippen molar-refractivity contribution in [3.05, 3.63) is 35.9 Å². The fourth-order valence-corrected chi connectivity index (χ4v) is 3.29. The Balaban J connectivity index is 1.94. The number of hydrogen-bond donors (Lipinski definition) is 1. The summed E-state index contributed by atoms with van der Waals surface area (Å²) < 4.78 is 5.11. The lowest BCUT2D eigenvalue weighted by Gasteiger charge is -2.40. The minimum atomic E-state index is 0.515. The summed E-state index contributed by atoms with van der Waals surface area (Å²) in [5, 5.41) is 3.40. The second-order valence-electron chi connectivity index (χ2n) is 6.09. The molecule has 0 aromatic heterocycles. The molecule has 0 bridgehead atoms. The zero-order chi connectivity index (χ0) is 17.2. The van der Waals surface area contributed by atoms with Gasteiger partial charge in [0, 0.05) is 45.9 Å². The molecule has 1 aliphatic heterocycles. The first-order valence-corrected chi connectivity index (χ1v) is 9.11. The largest absolute Gasteiger partial charge is 0.383 e. The smallest absolute Gasteiger partial charge is 0.194 e. The summed E-state index contributed by atoms with van der Waals surface area (Å²) in [6.07, 6.45) is 1.14. The summed E-state index contributed by atoms with van der Waals surface area (Å²) in [5.74, 6) is 1.02. The molecule has 1 heterocycles. The predicted molar refractivity (Wildman–Crippen MR) is 100 cm³/mol. The molecular formula is C19H32N4O. The second-order valence-corrected chi connectivity index (χ2v) is 6.09. The average Bonchev–Trinajstić information content (AvgIpc) is 2.63. The summed E-state index contributed by atoms with van der Waals surface area (Å²) in [7, 11) is 1.72. The van der Waals surface area contributed by atoms with E-state index in [-0.39, 0.29) is 0 Å². The van der Waals surface area contributed by atoms with E-state index in [2.05, 4.69) is 64.3 Å². The molecule has 0 saturated carbocycles. The van der Waals surface area contributed by atoms with Crippen LogP contribution in [0.15, 0.2) is 35.3 Å². The highest BCUT2D eigenvalue weighted by atomic mass is 16.5. The van der Waals surface area contributed by atoms with Crippen molar-refractivity contribution in [1.29, 1.82) is 0 Å². The van der Waals surface area contributed by atoms with Crippen molar-refractivity contribution >= 4 is 5.96 Å². The number of piperazine rings is 1. The first kappa shape index (κ1) is 18.7. The molecule has 5 heteroatoms. The van der Waals surface area contributed by atoms with Crippen molar-refractivity contribution in [3.63, 3.8) is 0 Å². The minimum Gasteiger partial charge on any atom is -0.383 e. The Bertz CT molecular complexity index is 483. The molecule has 0 amide bonds. The van der Waals surface area contributed by atoms with Crippen LogP contribution in [0.3, 0.4) is 0 Å². The Morgan fingerprint density at radius 3 is 2.46 bits per heavy atom. The van der Waals surface area contributed by atoms with E-state index in [9.17, 15) is 0 Å². The fourth-order valence-electron chi connectivity index (χ4n) is 3.29. The fraction of sp³-hybridized carbons (Fsp3) is 0.632. The molecule has 0 spiro atoms. The van der Waals surface area contributed by atoms with Gasteiger partial charge in [-0.05, 0) is 18.9 Å². The van der Waals surface area contributed by atoms with Gasteiger partial charge >= 0.3 is 0 Å². The molecule has 24 heavy (non-hydrogen) atoms. The highest BCUT2D eigenvalue weighted by Crippen LogP contribution is 2.25. The van der Waals surface area contributed by atoms with E-state index in [0.29, 0.717) is 19.2 Å². The number of rotatable bonds is 7. The molecule has 5 nitrogen and oxygen atoms in total. The summed E-state index contributed by atoms with van der Waals surface area (Å²) in [4.78, 5) is 9.63. The van der Waals surface area contributed by atoms with E-state index in [1.54, 1.807) is 7.11 Å². The molecule has 0 aliphatic carbocycles. The van der Waals surface area contributed by atoms with Crippen LogP contribution >= 0.6 is 0 Å². The molecule has 1 aromatic rings. The van der Waals surface area contributed by atoms with E-state index < -0.39 is 0 Å². The number of ether oxygens (including phenoxy) is 1. The second kappa shape index (κ2) is 10.3. The first-order valence-electron chi connectivity index (χ1n) is 9.11. The molecule has 1 unspecified atom stereocenters. The topological polar surface area (TPSA) is 40.1 Å². The van der Waals surface area contributed by atoms with E-state index in [1.165, 1.54) is 5.56 Å². The molecule has 1 N–H and O–H groups in total. The number of nitrogens with one attached hydrogen (secondary N) is 1. The van der Waals surface area contributed by atoms with Crippen LogP contribution in [0, 0.1) is 0 Å². The molecule has 2 rings (SSSR count). The lowest BCUT2D eigenvalue weighted by molar-refractivity contribution is 0.126. The van der Waals surface area contributed by atoms with Crippen LogP contribution in [-0.4, -0.2) is 68.7 Å². The van der Waals surface area contributed by atoms with Crippen LogP contribution in [0.2, 0.25) is 0 Å². The van der Waals surface area contributed by atoms with Crippen LogP contribution in [-0.2, 0) is 4.74 Å². The van der Waals surface area contributed by atoms with E-state index in [0.717, 1.165) is 45.1 Å². The van der Waals surface area contributed by atoms with Crippen molar-refractivity contribution in [2.24, 2.45) is 4.99 Å². The maximum atomic E-state index is 5.11. The van der Waals surface area contributed by atoms with E-state index in [1.807, 2.05) is 0 Å². The SMILES string of the molecule is CCNC(=NCCOC)N1CCN(C(CC)c2ccccc2)CC1. The predicted octanol–water partition coefficient (Wildman–Crippen LogP) is 2.37. The number of methoxy groups -OCH3 is 1. The molecule has 1 aromatic carbocycles. The lowest BCUT2D eigenvalue weighted by Crippen LogP contribution is -2.53. The van der Waals surface area contributed by atoms with Gasteiger partial charge in [-0.25, -0.2) is 0 Å². The van der Waals surface area contributed by atoms with E-state index >= 15 is 0 Å². The maximum absolute atomic E-state index is 5.11. The van der Waals surface area contributed by atoms with Crippen molar-refractivity contribution in [1.82, 2.24) is 15.1 Å². The Labute approximate surface area is 146 Å². The van der Waals surface area contributed by atoms with Gasteiger partial charge in [-0.3, -0.25) is 9.89 Å². The van der Waals surface area contributed by atoms with Gasteiger partial charge in [-0.2, -0.15) is 0 Å². The van der Waals surface area contributed by atoms with Gasteiger partial charge < -0.3 is 15.0 Å². The van der Waals surface area contributed by atoms with Gasteiger partial charge in [0.25, 0.3) is 0 Å². The zero-order valence-electron chi connectivity index (χ0n) is 15.4. The summed E-state index contributed by atoms with van der Waals surface area (Å²) in [6.45, 7) is 10.8. The molecule has 0 radical (unpaired) electrons. The quantitative estimate of drug-likeness (QED) is 0.473. The van der Waals surface area contributed by atoms with Crippen molar-refractivity contribution in [3.8, 4) is 0 Å². The molecule has 1 saturated heterocycles. The van der Waals surface area contributed by atoms with Gasteiger partial charge in [-0.15, -0.1) is 0 Å². The normalized spacial score (nSPS) is 17.8. The van der Waals surface area contributed by atoms with Crippen LogP contribution in [0.25, 0.3) is 0 Å². The highest BCUT2D eigenvalue weighted by Gasteiger charge is 2.25. The molecule has 1 aliphatic rings. The zero-order valence-corrected chi connectivity index (χ0v) is 15.4. The summed E-state index contributed by atoms with van der Waals surface area (Å²) in [6, 6.07) is 11.4. The number of aliphatic imine (C=N–C) groups is 1. The van der Waals surface area contributed by atoms with Crippen molar-refractivity contribution in [2.75, 3.05) is 53.0 Å². The third-order valence-corrected chi connectivity index (χ3v) is 4.52. The summed E-state index contributed by atoms with van der Waals surface area (Å²) >= 11 is 0. The van der Waals surface area contributed by atoms with Gasteiger partial charge in [0.15, 0.2) is 5.96 Å². The Morgan fingerprint density at radius 2 is 1.88 bits per heavy atom. The molecule has 1 atom stereocenters. The van der Waals surface area contributed by atoms with Gasteiger partial charge in [0.05, 0.1) is 13.2 Å². The number of nitrogens with zero attached hydrogens (tertiary/aromatic N) is 3. The average molecular weight is 332 g/mol. The van der Waals surface area contributed by atoms with Crippen LogP contribution < -0.4 is 5.32 Å². The van der Waals surface area contributed by atoms with Crippen molar-refractivity contribution in [2.45, 2.75) is 26.3 Å².